The third kappa shape index (κ3) is 4.31. The van der Waals surface area contributed by atoms with Gasteiger partial charge in [0.05, 0.1) is 5.75 Å². The number of piperidine rings is 1. The molecule has 1 atom stereocenters. The number of rotatable bonds is 6. The Morgan fingerprint density at radius 2 is 2.04 bits per heavy atom. The van der Waals surface area contributed by atoms with Crippen LogP contribution < -0.4 is 0 Å². The molecule has 3 heterocycles. The molecule has 28 heavy (non-hydrogen) atoms. The third-order valence-electron chi connectivity index (χ3n) is 5.08. The van der Waals surface area contributed by atoms with Gasteiger partial charge in [-0.25, -0.2) is 0 Å². The fraction of sp³-hybridized carbons (Fsp3) is 0.381. The number of nitrogens with zero attached hydrogens (tertiary/aromatic N) is 4. The number of thiophene rings is 1. The van der Waals surface area contributed by atoms with Gasteiger partial charge in [0.1, 0.15) is 5.82 Å². The maximum atomic E-state index is 12.7. The number of para-hydroxylation sites is 1. The lowest BCUT2D eigenvalue weighted by Crippen LogP contribution is -2.42. The molecule has 0 aliphatic carbocycles. The topological polar surface area (TPSA) is 51.0 Å². The van der Waals surface area contributed by atoms with Crippen molar-refractivity contribution in [3.8, 4) is 5.69 Å². The van der Waals surface area contributed by atoms with E-state index in [1.165, 1.54) is 23.1 Å². The fourth-order valence-corrected chi connectivity index (χ4v) is 5.15. The molecule has 1 aromatic carbocycles. The van der Waals surface area contributed by atoms with E-state index in [9.17, 15) is 4.79 Å². The highest BCUT2D eigenvalue weighted by molar-refractivity contribution is 7.99. The van der Waals surface area contributed by atoms with E-state index in [1.54, 1.807) is 11.3 Å². The Bertz CT molecular complexity index is 908. The van der Waals surface area contributed by atoms with Crippen LogP contribution in [0, 0.1) is 0 Å². The monoisotopic (exact) mass is 412 g/mol. The van der Waals surface area contributed by atoms with Gasteiger partial charge in [-0.1, -0.05) is 36.0 Å². The van der Waals surface area contributed by atoms with E-state index < -0.39 is 0 Å². The molecule has 2 aromatic heterocycles. The molecule has 0 N–H and O–H groups in total. The average Bonchev–Trinajstić information content (AvgIpc) is 3.37. The Balaban J connectivity index is 1.54. The number of amides is 1. The summed E-state index contributed by atoms with van der Waals surface area (Å²) in [5, 5.41) is 11.7. The second-order valence-corrected chi connectivity index (χ2v) is 9.02. The molecule has 7 heteroatoms. The van der Waals surface area contributed by atoms with Crippen LogP contribution in [0.25, 0.3) is 5.69 Å². The summed E-state index contributed by atoms with van der Waals surface area (Å²) < 4.78 is 2.08. The summed E-state index contributed by atoms with van der Waals surface area (Å²) in [6.45, 7) is 3.02. The van der Waals surface area contributed by atoms with Crippen molar-refractivity contribution in [2.75, 3.05) is 12.3 Å². The number of thioether (sulfide) groups is 1. The highest BCUT2D eigenvalue weighted by atomic mass is 32.2. The van der Waals surface area contributed by atoms with Crippen molar-refractivity contribution in [3.05, 3.63) is 58.5 Å². The van der Waals surface area contributed by atoms with Crippen molar-refractivity contribution in [3.63, 3.8) is 0 Å². The Kier molecular flexibility index (Phi) is 6.12. The smallest absolute Gasteiger partial charge is 0.233 e. The minimum absolute atomic E-state index is 0.194. The van der Waals surface area contributed by atoms with Crippen molar-refractivity contribution >= 4 is 29.0 Å². The second-order valence-electron chi connectivity index (χ2n) is 7.05. The van der Waals surface area contributed by atoms with E-state index in [2.05, 4.69) is 51.3 Å². The number of benzene rings is 1. The summed E-state index contributed by atoms with van der Waals surface area (Å²) in [4.78, 5) is 16.0. The maximum Gasteiger partial charge on any atom is 0.233 e. The molecule has 146 valence electrons. The first-order valence-corrected chi connectivity index (χ1v) is 11.5. The van der Waals surface area contributed by atoms with Crippen LogP contribution in [0.2, 0.25) is 0 Å². The summed E-state index contributed by atoms with van der Waals surface area (Å²) in [6.07, 6.45) is 4.15. The maximum absolute atomic E-state index is 12.7. The number of carbonyl (C=O) groups is 1. The Labute approximate surface area is 173 Å². The van der Waals surface area contributed by atoms with Gasteiger partial charge in [-0.15, -0.1) is 21.5 Å². The van der Waals surface area contributed by atoms with Gasteiger partial charge in [0.2, 0.25) is 5.91 Å². The van der Waals surface area contributed by atoms with Gasteiger partial charge in [0.15, 0.2) is 5.16 Å². The minimum Gasteiger partial charge on any atom is -0.339 e. The second kappa shape index (κ2) is 8.92. The van der Waals surface area contributed by atoms with Gasteiger partial charge < -0.3 is 4.90 Å². The zero-order chi connectivity index (χ0) is 19.3. The molecule has 1 aliphatic heterocycles. The fourth-order valence-electron chi connectivity index (χ4n) is 3.59. The zero-order valence-corrected chi connectivity index (χ0v) is 17.6. The van der Waals surface area contributed by atoms with Gasteiger partial charge in [-0.05, 0) is 49.8 Å². The Morgan fingerprint density at radius 1 is 1.18 bits per heavy atom. The van der Waals surface area contributed by atoms with Crippen molar-refractivity contribution in [1.82, 2.24) is 19.7 Å². The van der Waals surface area contributed by atoms with Crippen LogP contribution in [0.5, 0.6) is 0 Å². The highest BCUT2D eigenvalue weighted by Crippen LogP contribution is 2.26. The molecular formula is C21H24N4OS2. The first kappa shape index (κ1) is 19.2. The van der Waals surface area contributed by atoms with Crippen LogP contribution in [-0.4, -0.2) is 43.9 Å². The third-order valence-corrected chi connectivity index (χ3v) is 6.87. The standard InChI is InChI=1S/C21H24N4OS2/c1-16-8-5-6-12-24(16)20(26)15-28-21-23-22-19(14-18-11-7-13-27-18)25(21)17-9-3-2-4-10-17/h2-4,7,9-11,13,16H,5-6,8,12,14-15H2,1H3/t16-/m0/s1. The first-order chi connectivity index (χ1) is 13.7. The normalized spacial score (nSPS) is 17.0. The molecule has 3 aromatic rings. The summed E-state index contributed by atoms with van der Waals surface area (Å²) in [5.74, 6) is 1.49. The lowest BCUT2D eigenvalue weighted by molar-refractivity contribution is -0.131. The van der Waals surface area contributed by atoms with Crippen molar-refractivity contribution in [1.29, 1.82) is 0 Å². The van der Waals surface area contributed by atoms with Crippen LogP contribution in [-0.2, 0) is 11.2 Å². The highest BCUT2D eigenvalue weighted by Gasteiger charge is 2.24. The molecule has 0 bridgehead atoms. The summed E-state index contributed by atoms with van der Waals surface area (Å²) in [5.41, 5.74) is 1.03. The Hall–Kier alpha value is -2.12. The lowest BCUT2D eigenvalue weighted by atomic mass is 10.0. The molecule has 0 unspecified atom stereocenters. The van der Waals surface area contributed by atoms with Gasteiger partial charge in [-0.2, -0.15) is 0 Å². The number of hydrogen-bond acceptors (Lipinski definition) is 5. The SMILES string of the molecule is C[C@H]1CCCCN1C(=O)CSc1nnc(Cc2cccs2)n1-c1ccccc1. The van der Waals surface area contributed by atoms with E-state index in [1.807, 2.05) is 23.1 Å². The van der Waals surface area contributed by atoms with Crippen molar-refractivity contribution in [2.24, 2.45) is 0 Å². The molecular weight excluding hydrogens is 388 g/mol. The van der Waals surface area contributed by atoms with Crippen molar-refractivity contribution < 1.29 is 4.79 Å². The Morgan fingerprint density at radius 3 is 2.79 bits per heavy atom. The van der Waals surface area contributed by atoms with Gasteiger partial charge in [-0.3, -0.25) is 9.36 Å². The van der Waals surface area contributed by atoms with Crippen LogP contribution in [0.15, 0.2) is 53.0 Å². The molecule has 4 rings (SSSR count). The molecule has 1 amide bonds. The van der Waals surface area contributed by atoms with Gasteiger partial charge in [0.25, 0.3) is 0 Å². The van der Waals surface area contributed by atoms with E-state index in [0.29, 0.717) is 11.8 Å². The number of aromatic nitrogens is 3. The van der Waals surface area contributed by atoms with Gasteiger partial charge in [0, 0.05) is 29.6 Å². The number of likely N-dealkylation sites (tertiary alicyclic amines) is 1. The van der Waals surface area contributed by atoms with Crippen LogP contribution in [0.1, 0.15) is 36.9 Å². The molecule has 0 saturated carbocycles. The number of hydrogen-bond donors (Lipinski definition) is 0. The van der Waals surface area contributed by atoms with E-state index in [4.69, 9.17) is 0 Å². The summed E-state index contributed by atoms with van der Waals surface area (Å²) >= 11 is 3.20. The molecule has 5 nitrogen and oxygen atoms in total. The van der Waals surface area contributed by atoms with Crippen LogP contribution in [0.3, 0.4) is 0 Å². The number of carbonyl (C=O) groups excluding carboxylic acids is 1. The quantitative estimate of drug-likeness (QED) is 0.563. The largest absolute Gasteiger partial charge is 0.339 e. The molecule has 1 saturated heterocycles. The molecule has 0 radical (unpaired) electrons. The van der Waals surface area contributed by atoms with Gasteiger partial charge >= 0.3 is 0 Å². The average molecular weight is 413 g/mol. The van der Waals surface area contributed by atoms with Crippen LogP contribution in [0.4, 0.5) is 0 Å². The lowest BCUT2D eigenvalue weighted by Gasteiger charge is -2.33. The molecule has 0 spiro atoms. The van der Waals surface area contributed by atoms with E-state index in [-0.39, 0.29) is 5.91 Å². The molecule has 1 fully saturated rings. The zero-order valence-electron chi connectivity index (χ0n) is 16.0. The summed E-state index contributed by atoms with van der Waals surface area (Å²) in [7, 11) is 0. The predicted octanol–water partition coefficient (Wildman–Crippen LogP) is 4.41. The van der Waals surface area contributed by atoms with Crippen LogP contribution >= 0.6 is 23.1 Å². The van der Waals surface area contributed by atoms with Crippen molar-refractivity contribution in [2.45, 2.75) is 43.8 Å². The van der Waals surface area contributed by atoms with E-state index in [0.717, 1.165) is 42.5 Å². The van der Waals surface area contributed by atoms with E-state index >= 15 is 0 Å². The molecule has 1 aliphatic rings. The summed E-state index contributed by atoms with van der Waals surface area (Å²) in [6, 6.07) is 14.6. The first-order valence-electron chi connectivity index (χ1n) is 9.67. The minimum atomic E-state index is 0.194. The predicted molar refractivity (Wildman–Crippen MR) is 114 cm³/mol.